The summed E-state index contributed by atoms with van der Waals surface area (Å²) < 4.78 is 7.66. The average molecular weight is 398 g/mol. The standard InChI is InChI=1S/C24H35N3O2/c1-18-7-8-19(2)26(18)13-6-14-29-22-11-9-21(10-12-22)27-17-20(16-25-27)23(28)15-24(3,4)5/h9-12,16-19H,6-8,13-15H2,1-5H3. The number of Topliss-reactive ketones (excluding diaryl/α,β-unsaturated/α-hetero) is 1. The minimum atomic E-state index is -0.0248. The van der Waals surface area contributed by atoms with Crippen molar-refractivity contribution in [1.29, 1.82) is 0 Å². The minimum absolute atomic E-state index is 0.0248. The van der Waals surface area contributed by atoms with E-state index < -0.39 is 0 Å². The SMILES string of the molecule is CC1CCC(C)N1CCCOc1ccc(-n2cc(C(=O)CC(C)(C)C)cn2)cc1. The van der Waals surface area contributed by atoms with E-state index in [0.717, 1.165) is 31.0 Å². The molecule has 0 amide bonds. The molecule has 0 spiro atoms. The number of nitrogens with zero attached hydrogens (tertiary/aromatic N) is 3. The molecule has 1 aromatic carbocycles. The zero-order valence-corrected chi connectivity index (χ0v) is 18.5. The first-order valence-corrected chi connectivity index (χ1v) is 10.8. The molecule has 0 aliphatic carbocycles. The highest BCUT2D eigenvalue weighted by Gasteiger charge is 2.26. The summed E-state index contributed by atoms with van der Waals surface area (Å²) >= 11 is 0. The molecule has 0 bridgehead atoms. The van der Waals surface area contributed by atoms with Crippen molar-refractivity contribution >= 4 is 5.78 Å². The van der Waals surface area contributed by atoms with Gasteiger partial charge in [0.1, 0.15) is 5.75 Å². The van der Waals surface area contributed by atoms with Crippen molar-refractivity contribution in [3.63, 3.8) is 0 Å². The fourth-order valence-electron chi connectivity index (χ4n) is 4.01. The highest BCUT2D eigenvalue weighted by Crippen LogP contribution is 2.24. The van der Waals surface area contributed by atoms with Crippen LogP contribution in [0.15, 0.2) is 36.7 Å². The maximum atomic E-state index is 12.4. The molecule has 1 aromatic heterocycles. The fraction of sp³-hybridized carbons (Fsp3) is 0.583. The van der Waals surface area contributed by atoms with Crippen molar-refractivity contribution in [2.45, 2.75) is 72.4 Å². The topological polar surface area (TPSA) is 47.4 Å². The van der Waals surface area contributed by atoms with Crippen molar-refractivity contribution in [2.24, 2.45) is 5.41 Å². The van der Waals surface area contributed by atoms with Gasteiger partial charge in [0.25, 0.3) is 0 Å². The number of ketones is 1. The molecule has 5 nitrogen and oxygen atoms in total. The van der Waals surface area contributed by atoms with E-state index in [1.807, 2.05) is 30.5 Å². The van der Waals surface area contributed by atoms with Gasteiger partial charge in [-0.3, -0.25) is 9.69 Å². The molecule has 0 radical (unpaired) electrons. The summed E-state index contributed by atoms with van der Waals surface area (Å²) in [5, 5.41) is 4.35. The monoisotopic (exact) mass is 397 g/mol. The average Bonchev–Trinajstić information content (AvgIpc) is 3.26. The Morgan fingerprint density at radius 3 is 2.41 bits per heavy atom. The molecular formula is C24H35N3O2. The van der Waals surface area contributed by atoms with Gasteiger partial charge in [-0.15, -0.1) is 0 Å². The molecule has 2 unspecified atom stereocenters. The predicted octanol–water partition coefficient (Wildman–Crippen LogP) is 5.13. The third-order valence-electron chi connectivity index (χ3n) is 5.66. The van der Waals surface area contributed by atoms with Gasteiger partial charge in [0.2, 0.25) is 0 Å². The lowest BCUT2D eigenvalue weighted by atomic mass is 9.88. The van der Waals surface area contributed by atoms with Crippen LogP contribution < -0.4 is 4.74 Å². The van der Waals surface area contributed by atoms with Crippen molar-refractivity contribution in [3.05, 3.63) is 42.2 Å². The second-order valence-electron chi connectivity index (χ2n) is 9.54. The van der Waals surface area contributed by atoms with E-state index in [2.05, 4.69) is 44.6 Å². The molecule has 1 saturated heterocycles. The van der Waals surface area contributed by atoms with Gasteiger partial charge in [0.15, 0.2) is 5.78 Å². The third kappa shape index (κ3) is 5.92. The first-order valence-electron chi connectivity index (χ1n) is 10.8. The first kappa shape index (κ1) is 21.6. The summed E-state index contributed by atoms with van der Waals surface area (Å²) in [6.45, 7) is 12.7. The van der Waals surface area contributed by atoms with Crippen LogP contribution >= 0.6 is 0 Å². The third-order valence-corrected chi connectivity index (χ3v) is 5.66. The lowest BCUT2D eigenvalue weighted by Gasteiger charge is -2.25. The Morgan fingerprint density at radius 1 is 1.14 bits per heavy atom. The van der Waals surface area contributed by atoms with E-state index in [-0.39, 0.29) is 11.2 Å². The summed E-state index contributed by atoms with van der Waals surface area (Å²) in [6, 6.07) is 9.27. The maximum Gasteiger partial charge on any atom is 0.166 e. The Bertz CT molecular complexity index is 794. The van der Waals surface area contributed by atoms with Gasteiger partial charge < -0.3 is 4.74 Å². The van der Waals surface area contributed by atoms with E-state index in [1.54, 1.807) is 10.9 Å². The number of ether oxygens (including phenoxy) is 1. The first-order chi connectivity index (χ1) is 13.7. The number of benzene rings is 1. The van der Waals surface area contributed by atoms with Crippen molar-refractivity contribution in [1.82, 2.24) is 14.7 Å². The molecule has 2 aromatic rings. The Balaban J connectivity index is 1.49. The second-order valence-corrected chi connectivity index (χ2v) is 9.54. The minimum Gasteiger partial charge on any atom is -0.494 e. The molecular weight excluding hydrogens is 362 g/mol. The largest absolute Gasteiger partial charge is 0.494 e. The van der Waals surface area contributed by atoms with Gasteiger partial charge in [-0.25, -0.2) is 4.68 Å². The summed E-state index contributed by atoms with van der Waals surface area (Å²) in [7, 11) is 0. The smallest absolute Gasteiger partial charge is 0.166 e. The molecule has 158 valence electrons. The van der Waals surface area contributed by atoms with Crippen LogP contribution in [0.2, 0.25) is 0 Å². The van der Waals surface area contributed by atoms with Gasteiger partial charge in [-0.2, -0.15) is 5.10 Å². The summed E-state index contributed by atoms with van der Waals surface area (Å²) in [5.74, 6) is 0.998. The molecule has 0 saturated carbocycles. The van der Waals surface area contributed by atoms with Crippen LogP contribution in [-0.2, 0) is 0 Å². The highest BCUT2D eigenvalue weighted by molar-refractivity contribution is 5.96. The molecule has 2 heterocycles. The predicted molar refractivity (Wildman–Crippen MR) is 117 cm³/mol. The Morgan fingerprint density at radius 2 is 1.79 bits per heavy atom. The van der Waals surface area contributed by atoms with Crippen LogP contribution in [0.3, 0.4) is 0 Å². The van der Waals surface area contributed by atoms with Gasteiger partial charge >= 0.3 is 0 Å². The van der Waals surface area contributed by atoms with Crippen molar-refractivity contribution < 1.29 is 9.53 Å². The van der Waals surface area contributed by atoms with E-state index in [1.165, 1.54) is 12.8 Å². The summed E-state index contributed by atoms with van der Waals surface area (Å²) in [6.07, 6.45) is 7.62. The maximum absolute atomic E-state index is 12.4. The molecule has 1 aliphatic rings. The van der Waals surface area contributed by atoms with Crippen LogP contribution in [0.4, 0.5) is 0 Å². The normalized spacial score (nSPS) is 20.2. The molecule has 29 heavy (non-hydrogen) atoms. The molecule has 3 rings (SSSR count). The number of aromatic nitrogens is 2. The zero-order valence-electron chi connectivity index (χ0n) is 18.5. The van der Waals surface area contributed by atoms with Crippen LogP contribution in [0.1, 0.15) is 70.7 Å². The Kier molecular flexibility index (Phi) is 6.78. The van der Waals surface area contributed by atoms with Crippen LogP contribution in [0.5, 0.6) is 5.75 Å². The van der Waals surface area contributed by atoms with E-state index in [9.17, 15) is 4.79 Å². The lowest BCUT2D eigenvalue weighted by molar-refractivity contribution is 0.0940. The molecule has 5 heteroatoms. The summed E-state index contributed by atoms with van der Waals surface area (Å²) in [5.41, 5.74) is 1.56. The van der Waals surface area contributed by atoms with Gasteiger partial charge in [0.05, 0.1) is 24.1 Å². The van der Waals surface area contributed by atoms with E-state index in [4.69, 9.17) is 4.74 Å². The van der Waals surface area contributed by atoms with Crippen LogP contribution in [0, 0.1) is 5.41 Å². The quantitative estimate of drug-likeness (QED) is 0.457. The number of rotatable bonds is 8. The number of hydrogen-bond donors (Lipinski definition) is 0. The molecule has 1 fully saturated rings. The Labute approximate surface area is 175 Å². The summed E-state index contributed by atoms with van der Waals surface area (Å²) in [4.78, 5) is 15.0. The lowest BCUT2D eigenvalue weighted by Crippen LogP contribution is -2.34. The second kappa shape index (κ2) is 9.12. The van der Waals surface area contributed by atoms with Gasteiger partial charge in [-0.05, 0) is 62.8 Å². The van der Waals surface area contributed by atoms with Crippen LogP contribution in [0.25, 0.3) is 5.69 Å². The number of carbonyl (C=O) groups is 1. The van der Waals surface area contributed by atoms with Crippen LogP contribution in [-0.4, -0.2) is 45.7 Å². The van der Waals surface area contributed by atoms with Gasteiger partial charge in [-0.1, -0.05) is 20.8 Å². The highest BCUT2D eigenvalue weighted by atomic mass is 16.5. The van der Waals surface area contributed by atoms with Gasteiger partial charge in [0, 0.05) is 31.2 Å². The number of hydrogen-bond acceptors (Lipinski definition) is 4. The van der Waals surface area contributed by atoms with Crippen molar-refractivity contribution in [3.8, 4) is 11.4 Å². The number of likely N-dealkylation sites (tertiary alicyclic amines) is 1. The van der Waals surface area contributed by atoms with Crippen molar-refractivity contribution in [2.75, 3.05) is 13.2 Å². The number of carbonyl (C=O) groups excluding carboxylic acids is 1. The fourth-order valence-corrected chi connectivity index (χ4v) is 4.01. The van der Waals surface area contributed by atoms with E-state index in [0.29, 0.717) is 24.1 Å². The molecule has 0 N–H and O–H groups in total. The van der Waals surface area contributed by atoms with E-state index >= 15 is 0 Å². The molecule has 2 atom stereocenters. The Hall–Kier alpha value is -2.14. The zero-order chi connectivity index (χ0) is 21.0. The molecule has 1 aliphatic heterocycles.